The first kappa shape index (κ1) is 21.0. The van der Waals surface area contributed by atoms with Crippen molar-refractivity contribution >= 4 is 32.8 Å². The first-order chi connectivity index (χ1) is 12.9. The Balaban J connectivity index is 1.97. The quantitative estimate of drug-likeness (QED) is 0.270. The molecule has 0 spiro atoms. The van der Waals surface area contributed by atoms with Crippen LogP contribution in [-0.4, -0.2) is 59.3 Å². The van der Waals surface area contributed by atoms with Crippen molar-refractivity contribution in [2.75, 3.05) is 12.3 Å². The molecule has 0 aromatic carbocycles. The molecule has 0 amide bonds. The third kappa shape index (κ3) is 4.47. The smallest absolute Gasteiger partial charge is 0.280 e. The Morgan fingerprint density at radius 3 is 2.64 bits per heavy atom. The lowest BCUT2D eigenvalue weighted by Crippen LogP contribution is -2.37. The highest BCUT2D eigenvalue weighted by atomic mass is 31.2. The van der Waals surface area contributed by atoms with E-state index in [2.05, 4.69) is 24.0 Å². The molecule has 3 unspecified atom stereocenters. The monoisotopic (exact) mass is 441 g/mol. The van der Waals surface area contributed by atoms with Gasteiger partial charge >= 0.3 is 0 Å². The molecule has 0 saturated carbocycles. The highest BCUT2D eigenvalue weighted by molar-refractivity contribution is 7.45. The predicted molar refractivity (Wildman–Crippen MR) is 83.0 cm³/mol. The van der Waals surface area contributed by atoms with Crippen molar-refractivity contribution < 1.29 is 47.6 Å². The number of H-pyrrole nitrogens is 1. The van der Waals surface area contributed by atoms with Crippen LogP contribution in [0.1, 0.15) is 6.23 Å². The van der Waals surface area contributed by atoms with Gasteiger partial charge in [0.15, 0.2) is 17.4 Å². The SMILES string of the molecule is Nc1nc2c(ncn2[C@@H]2O[C@H](COP(=O)([O-])O)C(OP(=O)([O-])O)[C@@H]2O)c(=O)[nH]1. The van der Waals surface area contributed by atoms with Gasteiger partial charge in [-0.1, -0.05) is 0 Å². The molecule has 1 saturated heterocycles. The van der Waals surface area contributed by atoms with Crippen molar-refractivity contribution in [2.24, 2.45) is 0 Å². The van der Waals surface area contributed by atoms with E-state index < -0.39 is 52.4 Å². The summed E-state index contributed by atoms with van der Waals surface area (Å²) in [7, 11) is -10.6. The number of aliphatic hydroxyl groups is 1. The van der Waals surface area contributed by atoms with Crippen molar-refractivity contribution in [3.63, 3.8) is 0 Å². The van der Waals surface area contributed by atoms with E-state index in [1.54, 1.807) is 0 Å². The zero-order valence-electron chi connectivity index (χ0n) is 13.5. The van der Waals surface area contributed by atoms with Crippen LogP contribution in [0.2, 0.25) is 0 Å². The number of hydrogen-bond donors (Lipinski definition) is 5. The molecule has 3 rings (SSSR count). The van der Waals surface area contributed by atoms with E-state index in [4.69, 9.17) is 20.3 Å². The van der Waals surface area contributed by atoms with Crippen LogP contribution in [0.4, 0.5) is 5.95 Å². The standard InChI is InChI=1S/C10H15N5O11P2/c11-10-13-7-4(8(17)14-10)12-2-15(7)9-5(16)6(26-28(21,22)23)3(25-9)1-24-27(18,19)20/h2-3,5-6,9,16H,1H2,(H2,18,19,20)(H2,21,22,23)(H3,11,13,14,17)/p-2/t3-,5+,6?,9-/m1/s1. The van der Waals surface area contributed by atoms with Gasteiger partial charge in [-0.2, -0.15) is 4.98 Å². The van der Waals surface area contributed by atoms with Crippen LogP contribution in [0.5, 0.6) is 0 Å². The van der Waals surface area contributed by atoms with Crippen LogP contribution < -0.4 is 21.1 Å². The number of nitrogen functional groups attached to an aromatic ring is 1. The van der Waals surface area contributed by atoms with Gasteiger partial charge in [-0.05, 0) is 0 Å². The molecule has 18 heteroatoms. The van der Waals surface area contributed by atoms with Crippen molar-refractivity contribution in [3.8, 4) is 0 Å². The third-order valence-electron chi connectivity index (χ3n) is 3.69. The molecular weight excluding hydrogens is 428 g/mol. The Hall–Kier alpha value is -1.71. The summed E-state index contributed by atoms with van der Waals surface area (Å²) in [5, 5.41) is 10.4. The van der Waals surface area contributed by atoms with Crippen LogP contribution >= 0.6 is 15.6 Å². The van der Waals surface area contributed by atoms with Gasteiger partial charge in [-0.3, -0.25) is 23.5 Å². The van der Waals surface area contributed by atoms with Crippen molar-refractivity contribution in [1.82, 2.24) is 19.5 Å². The topological polar surface area (TPSA) is 258 Å². The van der Waals surface area contributed by atoms with E-state index in [0.717, 1.165) is 10.9 Å². The molecular formula is C10H13N5O11P2-2. The molecule has 6 atom stereocenters. The zero-order chi connectivity index (χ0) is 20.9. The predicted octanol–water partition coefficient (Wildman–Crippen LogP) is -3.72. The molecule has 0 radical (unpaired) electrons. The minimum absolute atomic E-state index is 0.142. The molecule has 1 aliphatic heterocycles. The molecule has 16 nitrogen and oxygen atoms in total. The number of fused-ring (bicyclic) bond motifs is 1. The van der Waals surface area contributed by atoms with Crippen LogP contribution in [0.25, 0.3) is 11.2 Å². The van der Waals surface area contributed by atoms with Crippen LogP contribution in [0.15, 0.2) is 11.1 Å². The number of nitrogens with one attached hydrogen (secondary N) is 1. The Kier molecular flexibility index (Phi) is 5.46. The molecule has 1 aliphatic rings. The molecule has 2 aromatic rings. The average Bonchev–Trinajstić information content (AvgIpc) is 3.06. The highest BCUT2D eigenvalue weighted by Gasteiger charge is 2.48. The number of imidazole rings is 1. The number of aromatic amines is 1. The first-order valence-electron chi connectivity index (χ1n) is 7.32. The van der Waals surface area contributed by atoms with E-state index in [9.17, 15) is 28.8 Å². The second kappa shape index (κ2) is 7.27. The maximum Gasteiger partial charge on any atom is 0.280 e. The minimum atomic E-state index is -5.39. The average molecular weight is 441 g/mol. The van der Waals surface area contributed by atoms with Crippen molar-refractivity contribution in [2.45, 2.75) is 24.5 Å². The van der Waals surface area contributed by atoms with Gasteiger partial charge in [0.2, 0.25) is 5.95 Å². The van der Waals surface area contributed by atoms with Gasteiger partial charge in [-0.15, -0.1) is 0 Å². The Morgan fingerprint density at radius 1 is 1.36 bits per heavy atom. The molecule has 3 heterocycles. The normalized spacial score (nSPS) is 29.6. The lowest BCUT2D eigenvalue weighted by molar-refractivity contribution is -0.229. The molecule has 1 fully saturated rings. The molecule has 28 heavy (non-hydrogen) atoms. The fourth-order valence-electron chi connectivity index (χ4n) is 2.66. The molecule has 0 aliphatic carbocycles. The summed E-state index contributed by atoms with van der Waals surface area (Å²) in [6.07, 6.45) is -5.70. The number of anilines is 1. The van der Waals surface area contributed by atoms with Crippen molar-refractivity contribution in [3.05, 3.63) is 16.7 Å². The summed E-state index contributed by atoms with van der Waals surface area (Å²) in [5.74, 6) is -0.286. The number of phosphoric ester groups is 2. The van der Waals surface area contributed by atoms with E-state index in [0.29, 0.717) is 0 Å². The largest absolute Gasteiger partial charge is 0.756 e. The van der Waals surface area contributed by atoms with Crippen molar-refractivity contribution in [1.29, 1.82) is 0 Å². The van der Waals surface area contributed by atoms with E-state index >= 15 is 0 Å². The second-order valence-electron chi connectivity index (χ2n) is 5.63. The Morgan fingerprint density at radius 2 is 2.04 bits per heavy atom. The van der Waals surface area contributed by atoms with Crippen LogP contribution in [0, 0.1) is 0 Å². The van der Waals surface area contributed by atoms with Gasteiger partial charge in [0, 0.05) is 0 Å². The highest BCUT2D eigenvalue weighted by Crippen LogP contribution is 2.42. The fraction of sp³-hybridized carbons (Fsp3) is 0.500. The summed E-state index contributed by atoms with van der Waals surface area (Å²) in [5.41, 5.74) is 4.43. The number of ether oxygens (including phenoxy) is 1. The number of aromatic nitrogens is 4. The summed E-state index contributed by atoms with van der Waals surface area (Å²) in [6, 6.07) is 0. The molecule has 6 N–H and O–H groups in total. The summed E-state index contributed by atoms with van der Waals surface area (Å²) >= 11 is 0. The number of phosphoric acid groups is 2. The van der Waals surface area contributed by atoms with Gasteiger partial charge in [0.25, 0.3) is 21.2 Å². The van der Waals surface area contributed by atoms with Gasteiger partial charge in [0.05, 0.1) is 12.9 Å². The molecule has 156 valence electrons. The van der Waals surface area contributed by atoms with E-state index in [1.807, 2.05) is 0 Å². The number of hydrogen-bond acceptors (Lipinski definition) is 12. The van der Waals surface area contributed by atoms with E-state index in [-0.39, 0.29) is 17.1 Å². The number of nitrogens with zero attached hydrogens (tertiary/aromatic N) is 3. The summed E-state index contributed by atoms with van der Waals surface area (Å²) in [6.45, 7) is -0.960. The first-order valence-corrected chi connectivity index (χ1v) is 10.3. The van der Waals surface area contributed by atoms with Gasteiger partial charge in [0.1, 0.15) is 18.3 Å². The van der Waals surface area contributed by atoms with Crippen LogP contribution in [0.3, 0.4) is 0 Å². The zero-order valence-corrected chi connectivity index (χ0v) is 15.3. The molecule has 0 bridgehead atoms. The number of aliphatic hydroxyl groups excluding tert-OH is 1. The van der Waals surface area contributed by atoms with Gasteiger partial charge in [-0.25, -0.2) is 4.98 Å². The fourth-order valence-corrected chi connectivity index (χ4v) is 3.57. The number of rotatable bonds is 6. The summed E-state index contributed by atoms with van der Waals surface area (Å²) < 4.78 is 36.7. The third-order valence-corrected chi connectivity index (χ3v) is 4.68. The lowest BCUT2D eigenvalue weighted by Gasteiger charge is -2.26. The second-order valence-corrected chi connectivity index (χ2v) is 7.98. The number of nitrogens with two attached hydrogens (primary N) is 1. The maximum absolute atomic E-state index is 11.8. The molecule has 2 aromatic heterocycles. The van der Waals surface area contributed by atoms with Gasteiger partial charge < -0.3 is 44.2 Å². The van der Waals surface area contributed by atoms with Crippen LogP contribution in [-0.2, 0) is 22.9 Å². The maximum atomic E-state index is 11.8. The Bertz CT molecular complexity index is 1030. The lowest BCUT2D eigenvalue weighted by atomic mass is 10.1. The van der Waals surface area contributed by atoms with E-state index in [1.165, 1.54) is 0 Å². The summed E-state index contributed by atoms with van der Waals surface area (Å²) in [4.78, 5) is 61.1. The minimum Gasteiger partial charge on any atom is -0.756 e. The Labute approximate surface area is 154 Å².